The Morgan fingerprint density at radius 1 is 1.15 bits per heavy atom. The number of aryl methyl sites for hydroxylation is 1. The van der Waals surface area contributed by atoms with Crippen molar-refractivity contribution < 1.29 is 18.9 Å². The first-order valence-electron chi connectivity index (χ1n) is 8.24. The predicted molar refractivity (Wildman–Crippen MR) is 113 cm³/mol. The van der Waals surface area contributed by atoms with Gasteiger partial charge < -0.3 is 14.4 Å². The number of benzene rings is 2. The highest BCUT2D eigenvalue weighted by atomic mass is 79.9. The van der Waals surface area contributed by atoms with Crippen LogP contribution in [0.1, 0.15) is 30.9 Å². The molecule has 0 aliphatic heterocycles. The van der Waals surface area contributed by atoms with E-state index in [9.17, 15) is 9.67 Å². The first-order valence-corrected chi connectivity index (χ1v) is 12.1. The van der Waals surface area contributed by atoms with Crippen molar-refractivity contribution in [1.29, 1.82) is 0 Å². The summed E-state index contributed by atoms with van der Waals surface area (Å²) in [5.41, 5.74) is 1.87. The fraction of sp³-hybridized carbons (Fsp3) is 0.368. The van der Waals surface area contributed by atoms with E-state index in [0.717, 1.165) is 20.1 Å². The number of rotatable bonds is 7. The molecule has 0 spiro atoms. The molecule has 2 rings (SSSR count). The van der Waals surface area contributed by atoms with Gasteiger partial charge in [-0.3, -0.25) is 4.57 Å². The molecule has 1 unspecified atom stereocenters. The summed E-state index contributed by atoms with van der Waals surface area (Å²) >= 11 is 7.10. The summed E-state index contributed by atoms with van der Waals surface area (Å²) in [4.78, 5) is 0. The van der Waals surface area contributed by atoms with E-state index in [4.69, 9.17) is 9.26 Å². The van der Waals surface area contributed by atoms with Gasteiger partial charge in [-0.05, 0) is 80.1 Å². The third-order valence-corrected chi connectivity index (χ3v) is 7.08. The molecule has 0 bridgehead atoms. The van der Waals surface area contributed by atoms with Crippen molar-refractivity contribution >= 4 is 39.2 Å². The van der Waals surface area contributed by atoms with E-state index in [1.54, 1.807) is 18.8 Å². The van der Waals surface area contributed by atoms with Gasteiger partial charge in [0, 0.05) is 25.5 Å². The van der Waals surface area contributed by atoms with E-state index >= 15 is 0 Å². The van der Waals surface area contributed by atoms with Crippen molar-refractivity contribution in [3.8, 4) is 17.2 Å². The van der Waals surface area contributed by atoms with Crippen LogP contribution in [0.15, 0.2) is 39.3 Å². The van der Waals surface area contributed by atoms with Crippen LogP contribution in [0.4, 0.5) is 0 Å². The third-order valence-electron chi connectivity index (χ3n) is 4.09. The van der Waals surface area contributed by atoms with Crippen LogP contribution in [0.3, 0.4) is 0 Å². The third kappa shape index (κ3) is 5.59. The van der Waals surface area contributed by atoms with Crippen molar-refractivity contribution in [3.05, 3.63) is 50.4 Å². The number of ether oxygens (including phenoxy) is 1. The van der Waals surface area contributed by atoms with Gasteiger partial charge in [-0.1, -0.05) is 13.8 Å². The molecule has 0 amide bonds. The molecule has 26 heavy (non-hydrogen) atoms. The molecule has 0 fully saturated rings. The number of hydrogen-bond acceptors (Lipinski definition) is 4. The van der Waals surface area contributed by atoms with Crippen molar-refractivity contribution in [2.24, 2.45) is 0 Å². The van der Waals surface area contributed by atoms with Crippen molar-refractivity contribution in [3.63, 3.8) is 0 Å². The van der Waals surface area contributed by atoms with E-state index in [0.29, 0.717) is 24.1 Å². The van der Waals surface area contributed by atoms with Gasteiger partial charge in [-0.15, -0.1) is 0 Å². The van der Waals surface area contributed by atoms with Crippen LogP contribution in [-0.4, -0.2) is 25.0 Å². The summed E-state index contributed by atoms with van der Waals surface area (Å²) in [6.07, 6.45) is 1.13. The molecule has 4 nitrogen and oxygen atoms in total. The lowest BCUT2D eigenvalue weighted by Crippen LogP contribution is -1.97. The Kier molecular flexibility index (Phi) is 7.37. The maximum Gasteiger partial charge on any atom is 0.200 e. The van der Waals surface area contributed by atoms with Crippen LogP contribution >= 0.6 is 39.2 Å². The average Bonchev–Trinajstić information content (AvgIpc) is 2.57. The molecule has 0 aliphatic rings. The summed E-state index contributed by atoms with van der Waals surface area (Å²) in [5.74, 6) is 1.76. The Morgan fingerprint density at radius 2 is 1.77 bits per heavy atom. The van der Waals surface area contributed by atoms with Gasteiger partial charge in [-0.25, -0.2) is 0 Å². The number of phenolic OH excluding ortho intramolecular Hbond substituents is 1. The Hall–Kier alpha value is -0.810. The average molecular weight is 506 g/mol. The van der Waals surface area contributed by atoms with Crippen LogP contribution in [0.25, 0.3) is 0 Å². The maximum absolute atomic E-state index is 12.1. The van der Waals surface area contributed by atoms with E-state index in [1.807, 2.05) is 32.0 Å². The van der Waals surface area contributed by atoms with E-state index in [-0.39, 0.29) is 11.7 Å². The minimum Gasteiger partial charge on any atom is -0.508 e. The molecule has 0 radical (unpaired) electrons. The zero-order valence-corrected chi connectivity index (χ0v) is 19.3. The fourth-order valence-corrected chi connectivity index (χ4v) is 4.74. The Labute approximate surface area is 171 Å². The summed E-state index contributed by atoms with van der Waals surface area (Å²) in [7, 11) is -1.06. The lowest BCUT2D eigenvalue weighted by Gasteiger charge is -2.15. The molecule has 7 heteroatoms. The molecular formula is C19H23Br2O4P. The maximum atomic E-state index is 12.1. The lowest BCUT2D eigenvalue weighted by molar-refractivity contribution is 0.398. The Bertz CT molecular complexity index is 813. The Balaban J connectivity index is 2.23. The van der Waals surface area contributed by atoms with Crippen LogP contribution in [0.5, 0.6) is 17.2 Å². The summed E-state index contributed by atoms with van der Waals surface area (Å²) in [6, 6.07) is 9.14. The second-order valence-corrected chi connectivity index (χ2v) is 11.1. The van der Waals surface area contributed by atoms with Crippen LogP contribution in [0.2, 0.25) is 0 Å². The second-order valence-electron chi connectivity index (χ2n) is 6.54. The smallest absolute Gasteiger partial charge is 0.200 e. The first kappa shape index (κ1) is 21.5. The van der Waals surface area contributed by atoms with Crippen LogP contribution < -0.4 is 4.74 Å². The lowest BCUT2D eigenvalue weighted by atomic mass is 10.0. The van der Waals surface area contributed by atoms with Gasteiger partial charge in [-0.2, -0.15) is 0 Å². The second kappa shape index (κ2) is 8.92. The standard InChI is InChI=1S/C19H23Br2O4P/c1-12(2)15-11-14(5-6-18(15)22)25-19-16(20)9-13(10-17(19)21)7-8-26(4,23)24-3/h5-6,9-12,22H,7-8H2,1-4H3. The van der Waals surface area contributed by atoms with Crippen molar-refractivity contribution in [1.82, 2.24) is 0 Å². The predicted octanol–water partition coefficient (Wildman–Crippen LogP) is 6.93. The monoisotopic (exact) mass is 504 g/mol. The van der Waals surface area contributed by atoms with E-state index < -0.39 is 7.37 Å². The first-order chi connectivity index (χ1) is 12.1. The molecule has 1 N–H and O–H groups in total. The highest BCUT2D eigenvalue weighted by molar-refractivity contribution is 9.11. The molecule has 142 valence electrons. The fourth-order valence-electron chi connectivity index (χ4n) is 2.45. The zero-order chi connectivity index (χ0) is 19.5. The number of aromatic hydroxyl groups is 1. The molecule has 2 aromatic carbocycles. The largest absolute Gasteiger partial charge is 0.508 e. The van der Waals surface area contributed by atoms with Gasteiger partial charge in [0.15, 0.2) is 13.1 Å². The molecular weight excluding hydrogens is 483 g/mol. The quantitative estimate of drug-likeness (QED) is 0.414. The minimum absolute atomic E-state index is 0.193. The van der Waals surface area contributed by atoms with E-state index in [1.165, 1.54) is 7.11 Å². The van der Waals surface area contributed by atoms with Crippen LogP contribution in [-0.2, 0) is 15.5 Å². The zero-order valence-electron chi connectivity index (χ0n) is 15.3. The SMILES string of the molecule is COP(C)(=O)CCc1cc(Br)c(Oc2ccc(O)c(C(C)C)c2)c(Br)c1. The molecule has 0 saturated heterocycles. The number of phenols is 1. The molecule has 0 aliphatic carbocycles. The molecule has 1 atom stereocenters. The van der Waals surface area contributed by atoms with Gasteiger partial charge in [0.25, 0.3) is 0 Å². The molecule has 2 aromatic rings. The number of hydrogen-bond donors (Lipinski definition) is 1. The topological polar surface area (TPSA) is 55.8 Å². The van der Waals surface area contributed by atoms with Gasteiger partial charge >= 0.3 is 0 Å². The van der Waals surface area contributed by atoms with Gasteiger partial charge in [0.05, 0.1) is 8.95 Å². The van der Waals surface area contributed by atoms with Crippen molar-refractivity contribution in [2.45, 2.75) is 26.2 Å². The van der Waals surface area contributed by atoms with Gasteiger partial charge in [0.1, 0.15) is 11.5 Å². The number of halogens is 2. The highest BCUT2D eigenvalue weighted by Crippen LogP contribution is 2.43. The summed E-state index contributed by atoms with van der Waals surface area (Å²) in [5, 5.41) is 9.95. The summed E-state index contributed by atoms with van der Waals surface area (Å²) < 4.78 is 24.7. The molecule has 0 saturated carbocycles. The Morgan fingerprint density at radius 3 is 2.31 bits per heavy atom. The van der Waals surface area contributed by atoms with Crippen LogP contribution in [0, 0.1) is 0 Å². The normalized spacial score (nSPS) is 13.7. The van der Waals surface area contributed by atoms with Crippen molar-refractivity contribution in [2.75, 3.05) is 19.9 Å². The molecule has 0 aromatic heterocycles. The van der Waals surface area contributed by atoms with Gasteiger partial charge in [0.2, 0.25) is 0 Å². The molecule has 0 heterocycles. The minimum atomic E-state index is -2.54. The highest BCUT2D eigenvalue weighted by Gasteiger charge is 2.16. The van der Waals surface area contributed by atoms with E-state index in [2.05, 4.69) is 31.9 Å². The summed E-state index contributed by atoms with van der Waals surface area (Å²) in [6.45, 7) is 5.68.